The first-order valence-electron chi connectivity index (χ1n) is 12.4. The zero-order valence-corrected chi connectivity index (χ0v) is 23.2. The quantitative estimate of drug-likeness (QED) is 0.131. The molecule has 0 atom stereocenters. The first-order valence-corrected chi connectivity index (χ1v) is 15.8. The van der Waals surface area contributed by atoms with Crippen LogP contribution in [0.5, 0.6) is 11.5 Å². The summed E-state index contributed by atoms with van der Waals surface area (Å²) in [6.45, 7) is 6.00. The summed E-state index contributed by atoms with van der Waals surface area (Å²) in [5.41, 5.74) is 3.14. The zero-order chi connectivity index (χ0) is 22.4. The third kappa shape index (κ3) is 7.76. The van der Waals surface area contributed by atoms with Crippen LogP contribution in [0.2, 0.25) is 0 Å². The number of unbranched alkanes of at least 4 members (excludes halogenated alkanes) is 10. The van der Waals surface area contributed by atoms with Crippen molar-refractivity contribution in [3.63, 3.8) is 0 Å². The molecule has 0 bridgehead atoms. The van der Waals surface area contributed by atoms with Gasteiger partial charge in [0.25, 0.3) is 0 Å². The van der Waals surface area contributed by atoms with Crippen LogP contribution in [0.4, 0.5) is 0 Å². The van der Waals surface area contributed by atoms with E-state index in [1.165, 1.54) is 68.6 Å². The van der Waals surface area contributed by atoms with E-state index in [0.717, 1.165) is 54.2 Å². The van der Waals surface area contributed by atoms with Gasteiger partial charge in [0.05, 0.1) is 0 Å². The number of hydrogen-bond donors (Lipinski definition) is 0. The fraction of sp³-hybridized carbons (Fsp3) is 0.615. The molecule has 0 aliphatic carbocycles. The normalized spacial score (nSPS) is 11.3. The standard InChI is InChI=1S/C26H38N2O2Se2/c1-3-5-7-9-11-13-17-29-22-20-21-25(28-32-27-21)24(23-16-15-19-31-23)26(22)30-18-14-12-10-8-6-4-2/h15-16,19-20H,3-14,17-18H2,1-2H3. The summed E-state index contributed by atoms with van der Waals surface area (Å²) in [6.07, 6.45) is 15.1. The molecule has 0 N–H and O–H groups in total. The number of aromatic nitrogens is 2. The number of ether oxygens (including phenoxy) is 2. The van der Waals surface area contributed by atoms with Gasteiger partial charge in [-0.25, -0.2) is 0 Å². The molecule has 0 radical (unpaired) electrons. The second-order valence-electron chi connectivity index (χ2n) is 8.42. The predicted octanol–water partition coefficient (Wildman–Crippen LogP) is 6.89. The molecule has 32 heavy (non-hydrogen) atoms. The van der Waals surface area contributed by atoms with Gasteiger partial charge in [-0.2, -0.15) is 0 Å². The number of nitrogens with zero attached hydrogens (tertiary/aromatic N) is 2. The van der Waals surface area contributed by atoms with Crippen molar-refractivity contribution in [2.45, 2.75) is 90.9 Å². The maximum atomic E-state index is 6.44. The molecular weight excluding hydrogens is 530 g/mol. The maximum absolute atomic E-state index is 6.44. The van der Waals surface area contributed by atoms with Gasteiger partial charge in [0.2, 0.25) is 0 Å². The second kappa shape index (κ2) is 15.0. The van der Waals surface area contributed by atoms with E-state index in [9.17, 15) is 0 Å². The van der Waals surface area contributed by atoms with E-state index in [4.69, 9.17) is 13.5 Å². The van der Waals surface area contributed by atoms with Crippen LogP contribution in [0.1, 0.15) is 90.9 Å². The minimum absolute atomic E-state index is 0.0644. The summed E-state index contributed by atoms with van der Waals surface area (Å²) in [4.78, 5) is 2.26. The van der Waals surface area contributed by atoms with Crippen molar-refractivity contribution in [3.05, 3.63) is 23.1 Å². The predicted molar refractivity (Wildman–Crippen MR) is 137 cm³/mol. The van der Waals surface area contributed by atoms with Crippen molar-refractivity contribution >= 4 is 40.5 Å². The Labute approximate surface area is 206 Å². The Morgan fingerprint density at radius 3 is 2.09 bits per heavy atom. The van der Waals surface area contributed by atoms with E-state index in [0.29, 0.717) is 14.5 Å². The van der Waals surface area contributed by atoms with Gasteiger partial charge >= 0.3 is 200 Å². The fourth-order valence-electron chi connectivity index (χ4n) is 3.91. The van der Waals surface area contributed by atoms with Gasteiger partial charge in [-0.15, -0.1) is 0 Å². The van der Waals surface area contributed by atoms with E-state index >= 15 is 0 Å². The topological polar surface area (TPSA) is 44.2 Å². The Morgan fingerprint density at radius 2 is 1.44 bits per heavy atom. The number of rotatable bonds is 17. The molecule has 0 fully saturated rings. The van der Waals surface area contributed by atoms with Crippen molar-refractivity contribution in [2.24, 2.45) is 0 Å². The molecule has 176 valence electrons. The SMILES string of the molecule is CCCCCCCCOc1cc2n[se]nc2c(-c2ccc[se]2)c1OCCCCCCCC. The molecule has 3 rings (SSSR count). The molecule has 1 aromatic carbocycles. The van der Waals surface area contributed by atoms with Crippen LogP contribution in [-0.2, 0) is 0 Å². The summed E-state index contributed by atoms with van der Waals surface area (Å²) < 4.78 is 23.5. The summed E-state index contributed by atoms with van der Waals surface area (Å²) in [5, 5.41) is 0. The molecule has 0 aliphatic heterocycles. The average Bonchev–Trinajstić information content (AvgIpc) is 3.50. The van der Waals surface area contributed by atoms with E-state index in [-0.39, 0.29) is 15.0 Å². The molecule has 4 nitrogen and oxygen atoms in total. The van der Waals surface area contributed by atoms with Gasteiger partial charge in [-0.1, -0.05) is 6.92 Å². The first kappa shape index (κ1) is 25.6. The summed E-state index contributed by atoms with van der Waals surface area (Å²) in [6, 6.07) is 6.44. The summed E-state index contributed by atoms with van der Waals surface area (Å²) in [5.74, 6) is 1.76. The molecule has 0 saturated heterocycles. The van der Waals surface area contributed by atoms with Crippen LogP contribution in [-0.4, -0.2) is 50.6 Å². The minimum atomic E-state index is -0.0644. The molecule has 0 spiro atoms. The van der Waals surface area contributed by atoms with Crippen LogP contribution >= 0.6 is 0 Å². The van der Waals surface area contributed by atoms with Gasteiger partial charge in [0.15, 0.2) is 0 Å². The molecule has 2 aromatic heterocycles. The summed E-state index contributed by atoms with van der Waals surface area (Å²) >= 11 is 0.250. The molecular formula is C26H38N2O2Se2. The van der Waals surface area contributed by atoms with E-state index in [2.05, 4.69) is 41.0 Å². The van der Waals surface area contributed by atoms with Gasteiger partial charge in [0, 0.05) is 0 Å². The Hall–Kier alpha value is -1.06. The number of benzene rings is 1. The number of hydrogen-bond acceptors (Lipinski definition) is 4. The third-order valence-corrected chi connectivity index (χ3v) is 8.74. The van der Waals surface area contributed by atoms with Crippen LogP contribution in [0.3, 0.4) is 0 Å². The van der Waals surface area contributed by atoms with Crippen molar-refractivity contribution in [1.82, 2.24) is 7.96 Å². The monoisotopic (exact) mass is 570 g/mol. The first-order chi connectivity index (χ1) is 15.8. The number of fused-ring (bicyclic) bond motifs is 1. The molecule has 0 amide bonds. The van der Waals surface area contributed by atoms with Gasteiger partial charge < -0.3 is 0 Å². The van der Waals surface area contributed by atoms with Crippen molar-refractivity contribution in [1.29, 1.82) is 0 Å². The van der Waals surface area contributed by atoms with Crippen molar-refractivity contribution < 1.29 is 9.47 Å². The van der Waals surface area contributed by atoms with Crippen molar-refractivity contribution in [3.8, 4) is 21.5 Å². The van der Waals surface area contributed by atoms with Crippen LogP contribution in [0.15, 0.2) is 23.1 Å². The van der Waals surface area contributed by atoms with E-state index < -0.39 is 0 Å². The Kier molecular flexibility index (Phi) is 11.9. The second-order valence-corrected chi connectivity index (χ2v) is 11.5. The third-order valence-electron chi connectivity index (χ3n) is 5.74. The van der Waals surface area contributed by atoms with Crippen molar-refractivity contribution in [2.75, 3.05) is 13.2 Å². The fourth-order valence-corrected chi connectivity index (χ4v) is 6.64. The van der Waals surface area contributed by atoms with E-state index in [1.54, 1.807) is 0 Å². The van der Waals surface area contributed by atoms with E-state index in [1.807, 2.05) is 0 Å². The molecule has 0 aliphatic rings. The summed E-state index contributed by atoms with van der Waals surface area (Å²) in [7, 11) is 0. The molecule has 0 saturated carbocycles. The van der Waals surface area contributed by atoms with Crippen LogP contribution in [0.25, 0.3) is 21.0 Å². The average molecular weight is 569 g/mol. The van der Waals surface area contributed by atoms with Gasteiger partial charge in [-0.05, 0) is 0 Å². The Bertz CT molecular complexity index is 893. The Morgan fingerprint density at radius 1 is 0.781 bits per heavy atom. The molecule has 2 heterocycles. The van der Waals surface area contributed by atoms with Gasteiger partial charge in [-0.3, -0.25) is 0 Å². The molecule has 0 unspecified atom stereocenters. The van der Waals surface area contributed by atoms with Crippen LogP contribution in [0, 0.1) is 0 Å². The molecule has 6 heteroatoms. The Balaban J connectivity index is 1.70. The zero-order valence-electron chi connectivity index (χ0n) is 19.7. The molecule has 3 aromatic rings. The van der Waals surface area contributed by atoms with Crippen LogP contribution < -0.4 is 9.47 Å². The van der Waals surface area contributed by atoms with Gasteiger partial charge in [0.1, 0.15) is 0 Å².